The van der Waals surface area contributed by atoms with E-state index < -0.39 is 0 Å². The van der Waals surface area contributed by atoms with E-state index in [-0.39, 0.29) is 5.91 Å². The van der Waals surface area contributed by atoms with Crippen molar-refractivity contribution in [1.29, 1.82) is 0 Å². The van der Waals surface area contributed by atoms with Gasteiger partial charge in [-0.2, -0.15) is 0 Å². The Morgan fingerprint density at radius 1 is 1.78 bits per heavy atom. The summed E-state index contributed by atoms with van der Waals surface area (Å²) in [7, 11) is 0. The van der Waals surface area contributed by atoms with Crippen molar-refractivity contribution in [2.24, 2.45) is 5.73 Å². The van der Waals surface area contributed by atoms with E-state index in [4.69, 9.17) is 5.73 Å². The molecule has 3 nitrogen and oxygen atoms in total. The van der Waals surface area contributed by atoms with Gasteiger partial charge in [-0.1, -0.05) is 6.92 Å². The Bertz CT molecular complexity index is 75.1. The zero-order valence-corrected chi connectivity index (χ0v) is 5.81. The largest absolute Gasteiger partial charge is 0.356 e. The van der Waals surface area contributed by atoms with Gasteiger partial charge in [0, 0.05) is 13.0 Å². The molecule has 0 aromatic carbocycles. The Morgan fingerprint density at radius 2 is 2.33 bits per heavy atom. The van der Waals surface area contributed by atoms with Crippen LogP contribution in [0.4, 0.5) is 0 Å². The summed E-state index contributed by atoms with van der Waals surface area (Å²) in [6.07, 6.45) is 1.76. The van der Waals surface area contributed by atoms with Gasteiger partial charge in [-0.15, -0.1) is 0 Å². The predicted molar refractivity (Wildman–Crippen MR) is 37.0 cm³/mol. The van der Waals surface area contributed by atoms with Crippen LogP contribution in [-0.4, -0.2) is 19.0 Å². The van der Waals surface area contributed by atoms with Gasteiger partial charge < -0.3 is 11.1 Å². The van der Waals surface area contributed by atoms with Gasteiger partial charge in [-0.25, -0.2) is 0 Å². The molecule has 9 heavy (non-hydrogen) atoms. The van der Waals surface area contributed by atoms with E-state index in [9.17, 15) is 4.79 Å². The van der Waals surface area contributed by atoms with Crippen LogP contribution in [0.3, 0.4) is 0 Å². The van der Waals surface area contributed by atoms with E-state index in [0.717, 1.165) is 25.9 Å². The molecule has 1 fully saturated rings. The van der Waals surface area contributed by atoms with Crippen LogP contribution < -0.4 is 11.1 Å². The van der Waals surface area contributed by atoms with Gasteiger partial charge in [0.2, 0.25) is 5.91 Å². The molecule has 0 unspecified atom stereocenters. The number of hydrogen-bond acceptors (Lipinski definition) is 2. The topological polar surface area (TPSA) is 55.1 Å². The lowest BCUT2D eigenvalue weighted by Gasteiger charge is -1.80. The maximum atomic E-state index is 10.1. The van der Waals surface area contributed by atoms with Gasteiger partial charge in [-0.05, 0) is 13.0 Å². The van der Waals surface area contributed by atoms with Crippen LogP contribution in [0.5, 0.6) is 0 Å². The molecule has 1 aliphatic heterocycles. The molecule has 0 aliphatic carbocycles. The monoisotopic (exact) mass is 130 g/mol. The molecule has 0 radical (unpaired) electrons. The molecule has 0 aromatic heterocycles. The van der Waals surface area contributed by atoms with Crippen LogP contribution in [0.15, 0.2) is 0 Å². The van der Waals surface area contributed by atoms with Crippen LogP contribution >= 0.6 is 0 Å². The number of nitrogens with two attached hydrogens (primary N) is 1. The highest BCUT2D eigenvalue weighted by atomic mass is 16.1. The lowest BCUT2D eigenvalue weighted by Crippen LogP contribution is -2.12. The molecule has 0 spiro atoms. The fourth-order valence-corrected chi connectivity index (χ4v) is 0.565. The molecule has 1 aliphatic rings. The van der Waals surface area contributed by atoms with Crippen LogP contribution in [-0.2, 0) is 4.79 Å². The van der Waals surface area contributed by atoms with Crippen molar-refractivity contribution in [2.75, 3.05) is 13.1 Å². The summed E-state index contributed by atoms with van der Waals surface area (Å²) in [6, 6.07) is 0. The SMILES string of the molecule is CCN.O=C1CCCN1. The Morgan fingerprint density at radius 3 is 2.44 bits per heavy atom. The number of hydrogen-bond donors (Lipinski definition) is 2. The highest BCUT2D eigenvalue weighted by Gasteiger charge is 2.05. The van der Waals surface area contributed by atoms with Gasteiger partial charge in [0.1, 0.15) is 0 Å². The summed E-state index contributed by atoms with van der Waals surface area (Å²) in [5.74, 6) is 0.204. The smallest absolute Gasteiger partial charge is 0.220 e. The van der Waals surface area contributed by atoms with E-state index in [1.54, 1.807) is 0 Å². The first-order valence-electron chi connectivity index (χ1n) is 3.28. The molecule has 0 saturated carbocycles. The minimum Gasteiger partial charge on any atom is -0.356 e. The molecule has 1 amide bonds. The standard InChI is InChI=1S/C4H7NO.C2H7N/c6-4-2-1-3-5-4;1-2-3/h1-3H2,(H,5,6);2-3H2,1H3. The molecule has 1 heterocycles. The minimum absolute atomic E-state index is 0.204. The fraction of sp³-hybridized carbons (Fsp3) is 0.833. The summed E-state index contributed by atoms with van der Waals surface area (Å²) >= 11 is 0. The van der Waals surface area contributed by atoms with Gasteiger partial charge in [0.15, 0.2) is 0 Å². The summed E-state index contributed by atoms with van der Waals surface area (Å²) in [4.78, 5) is 10.1. The first-order chi connectivity index (χ1) is 4.31. The third-order valence-corrected chi connectivity index (χ3v) is 0.903. The van der Waals surface area contributed by atoms with E-state index in [0.29, 0.717) is 0 Å². The minimum atomic E-state index is 0.204. The van der Waals surface area contributed by atoms with E-state index >= 15 is 0 Å². The van der Waals surface area contributed by atoms with Crippen LogP contribution in [0.25, 0.3) is 0 Å². The van der Waals surface area contributed by atoms with Gasteiger partial charge in [-0.3, -0.25) is 4.79 Å². The number of rotatable bonds is 0. The van der Waals surface area contributed by atoms with Crippen molar-refractivity contribution in [3.63, 3.8) is 0 Å². The Hall–Kier alpha value is -0.570. The van der Waals surface area contributed by atoms with Crippen LogP contribution in [0.2, 0.25) is 0 Å². The zero-order chi connectivity index (χ0) is 7.11. The van der Waals surface area contributed by atoms with E-state index in [2.05, 4.69) is 5.32 Å². The maximum Gasteiger partial charge on any atom is 0.220 e. The summed E-state index contributed by atoms with van der Waals surface area (Å²) in [6.45, 7) is 3.54. The maximum absolute atomic E-state index is 10.1. The summed E-state index contributed by atoms with van der Waals surface area (Å²) < 4.78 is 0. The van der Waals surface area contributed by atoms with Crippen LogP contribution in [0, 0.1) is 0 Å². The first kappa shape index (κ1) is 8.43. The molecule has 1 rings (SSSR count). The van der Waals surface area contributed by atoms with Crippen molar-refractivity contribution in [3.05, 3.63) is 0 Å². The van der Waals surface area contributed by atoms with Crippen molar-refractivity contribution in [1.82, 2.24) is 5.32 Å². The lowest BCUT2D eigenvalue weighted by atomic mass is 10.4. The molecule has 0 atom stereocenters. The molecular formula is C6H14N2O. The second kappa shape index (κ2) is 5.56. The molecule has 0 aromatic rings. The number of amides is 1. The molecule has 0 bridgehead atoms. The average Bonchev–Trinajstić information content (AvgIpc) is 2.20. The number of nitrogens with one attached hydrogen (secondary N) is 1. The molecule has 1 saturated heterocycles. The third kappa shape index (κ3) is 5.30. The second-order valence-corrected chi connectivity index (χ2v) is 1.86. The van der Waals surface area contributed by atoms with Crippen molar-refractivity contribution < 1.29 is 4.79 Å². The van der Waals surface area contributed by atoms with Gasteiger partial charge in [0.05, 0.1) is 0 Å². The molecule has 3 N–H and O–H groups in total. The summed E-state index contributed by atoms with van der Waals surface area (Å²) in [5, 5.41) is 2.68. The molecule has 54 valence electrons. The first-order valence-corrected chi connectivity index (χ1v) is 3.28. The predicted octanol–water partition coefficient (Wildman–Crippen LogP) is -0.139. The van der Waals surface area contributed by atoms with Crippen molar-refractivity contribution >= 4 is 5.91 Å². The number of carbonyl (C=O) groups is 1. The van der Waals surface area contributed by atoms with Gasteiger partial charge in [0.25, 0.3) is 0 Å². The Labute approximate surface area is 55.6 Å². The Kier molecular flexibility index (Phi) is 5.21. The van der Waals surface area contributed by atoms with Crippen molar-refractivity contribution in [3.8, 4) is 0 Å². The third-order valence-electron chi connectivity index (χ3n) is 0.903. The second-order valence-electron chi connectivity index (χ2n) is 1.86. The quantitative estimate of drug-likeness (QED) is 0.479. The van der Waals surface area contributed by atoms with Crippen molar-refractivity contribution in [2.45, 2.75) is 19.8 Å². The molecule has 3 heteroatoms. The zero-order valence-electron chi connectivity index (χ0n) is 5.81. The number of carbonyl (C=O) groups excluding carboxylic acids is 1. The highest BCUT2D eigenvalue weighted by molar-refractivity contribution is 5.77. The normalized spacial score (nSPS) is 16.0. The van der Waals surface area contributed by atoms with Crippen LogP contribution in [0.1, 0.15) is 19.8 Å². The highest BCUT2D eigenvalue weighted by Crippen LogP contribution is 1.93. The molecular weight excluding hydrogens is 116 g/mol. The van der Waals surface area contributed by atoms with Gasteiger partial charge >= 0.3 is 0 Å². The summed E-state index contributed by atoms with van der Waals surface area (Å²) in [5.41, 5.74) is 4.85. The average molecular weight is 130 g/mol. The fourth-order valence-electron chi connectivity index (χ4n) is 0.565. The van der Waals surface area contributed by atoms with E-state index in [1.807, 2.05) is 6.92 Å². The lowest BCUT2D eigenvalue weighted by molar-refractivity contribution is -0.119. The Balaban J connectivity index is 0.000000187. The van der Waals surface area contributed by atoms with E-state index in [1.165, 1.54) is 0 Å².